The van der Waals surface area contributed by atoms with Crippen LogP contribution in [0.4, 0.5) is 4.79 Å². The Labute approximate surface area is 159 Å². The molecule has 0 radical (unpaired) electrons. The summed E-state index contributed by atoms with van der Waals surface area (Å²) in [6, 6.07) is 0. The molecule has 0 aromatic heterocycles. The van der Waals surface area contributed by atoms with Crippen molar-refractivity contribution >= 4 is 23.8 Å². The molecule has 0 spiro atoms. The van der Waals surface area contributed by atoms with E-state index in [-0.39, 0.29) is 11.4 Å². The monoisotopic (exact) mass is 389 g/mol. The highest BCUT2D eigenvalue weighted by molar-refractivity contribution is 8.03. The lowest BCUT2D eigenvalue weighted by Gasteiger charge is -2.40. The van der Waals surface area contributed by atoms with Crippen LogP contribution < -0.4 is 5.73 Å². The maximum Gasteiger partial charge on any atom is 0.402 e. The second-order valence-electron chi connectivity index (χ2n) is 7.30. The Morgan fingerprint density at radius 3 is 2.46 bits per heavy atom. The number of ether oxygens (including phenoxy) is 3. The number of allylic oxidation sites excluding steroid dienone is 2. The maximum atomic E-state index is 11.8. The van der Waals surface area contributed by atoms with E-state index in [2.05, 4.69) is 11.8 Å². The average molecular weight is 390 g/mol. The fourth-order valence-corrected chi connectivity index (χ4v) is 3.46. The quantitative estimate of drug-likeness (QED) is 0.528. The van der Waals surface area contributed by atoms with Gasteiger partial charge < -0.3 is 25.1 Å². The molecule has 0 aromatic carbocycles. The topological polar surface area (TPSA) is 108 Å². The Kier molecular flexibility index (Phi) is 9.46. The Morgan fingerprint density at radius 2 is 1.92 bits per heavy atom. The van der Waals surface area contributed by atoms with Crippen LogP contribution in [0.3, 0.4) is 0 Å². The Balaban J connectivity index is 0.000000765. The summed E-state index contributed by atoms with van der Waals surface area (Å²) in [6.07, 6.45) is 5.76. The second kappa shape index (κ2) is 10.8. The van der Waals surface area contributed by atoms with Crippen molar-refractivity contribution in [3.8, 4) is 0 Å². The van der Waals surface area contributed by atoms with E-state index in [9.17, 15) is 4.79 Å². The summed E-state index contributed by atoms with van der Waals surface area (Å²) >= 11 is 1.95. The molecule has 0 aliphatic carbocycles. The molecule has 2 aliphatic rings. The zero-order valence-corrected chi connectivity index (χ0v) is 16.7. The highest BCUT2D eigenvalue weighted by atomic mass is 32.2. The Morgan fingerprint density at radius 1 is 1.31 bits per heavy atom. The number of rotatable bonds is 6. The van der Waals surface area contributed by atoms with E-state index in [1.807, 2.05) is 32.5 Å². The predicted molar refractivity (Wildman–Crippen MR) is 101 cm³/mol. The maximum absolute atomic E-state index is 11.8. The van der Waals surface area contributed by atoms with Gasteiger partial charge in [0, 0.05) is 11.8 Å². The highest BCUT2D eigenvalue weighted by Crippen LogP contribution is 2.31. The van der Waals surface area contributed by atoms with Gasteiger partial charge in [0.15, 0.2) is 5.79 Å². The molecule has 2 rings (SSSR count). The minimum absolute atomic E-state index is 0.122. The van der Waals surface area contributed by atoms with Crippen LogP contribution in [-0.2, 0) is 19.0 Å². The summed E-state index contributed by atoms with van der Waals surface area (Å²) in [5.74, 6) is 0.589. The van der Waals surface area contributed by atoms with Crippen LogP contribution >= 0.6 is 11.8 Å². The number of carboxylic acid groups (broad SMARTS) is 1. The molecular formula is C18H31NO6S. The first-order chi connectivity index (χ1) is 12.1. The van der Waals surface area contributed by atoms with Crippen LogP contribution in [0, 0.1) is 5.41 Å². The minimum Gasteiger partial charge on any atom is -0.465 e. The van der Waals surface area contributed by atoms with Crippen LogP contribution in [0.2, 0.25) is 0 Å². The molecule has 2 saturated heterocycles. The smallest absolute Gasteiger partial charge is 0.402 e. The number of hydrogen-bond acceptors (Lipinski definition) is 6. The van der Waals surface area contributed by atoms with Crippen molar-refractivity contribution in [3.63, 3.8) is 0 Å². The zero-order chi connectivity index (χ0) is 19.6. The van der Waals surface area contributed by atoms with Crippen molar-refractivity contribution in [2.75, 3.05) is 25.6 Å². The van der Waals surface area contributed by atoms with Crippen molar-refractivity contribution in [2.45, 2.75) is 58.7 Å². The Hall–Kier alpha value is -1.25. The fraction of sp³-hybridized carbons (Fsp3) is 0.778. The van der Waals surface area contributed by atoms with Crippen LogP contribution in [-0.4, -0.2) is 48.5 Å². The van der Waals surface area contributed by atoms with Gasteiger partial charge in [0.2, 0.25) is 0 Å². The first-order valence-electron chi connectivity index (χ1n) is 8.86. The lowest BCUT2D eigenvalue weighted by Crippen LogP contribution is -2.47. The predicted octanol–water partition coefficient (Wildman–Crippen LogP) is 3.52. The van der Waals surface area contributed by atoms with Crippen LogP contribution in [0.15, 0.2) is 11.0 Å². The summed E-state index contributed by atoms with van der Waals surface area (Å²) in [6.45, 7) is 7.29. The SMILES string of the molecule is CC1(COC(=O)CCC/C=C2\CCCS2)COC(C)(C)OC1.NC(=O)O. The number of nitrogens with two attached hydrogens (primary N) is 1. The third-order valence-corrected chi connectivity index (χ3v) is 5.16. The largest absolute Gasteiger partial charge is 0.465 e. The van der Waals surface area contributed by atoms with E-state index >= 15 is 0 Å². The number of unbranched alkanes of at least 4 members (excludes halogenated alkanes) is 1. The molecular weight excluding hydrogens is 358 g/mol. The number of carbonyl (C=O) groups excluding carboxylic acids is 1. The summed E-state index contributed by atoms with van der Waals surface area (Å²) in [5, 5.41) is 7.19. The van der Waals surface area contributed by atoms with Gasteiger partial charge in [-0.3, -0.25) is 4.79 Å². The number of amides is 1. The van der Waals surface area contributed by atoms with Crippen LogP contribution in [0.5, 0.6) is 0 Å². The summed E-state index contributed by atoms with van der Waals surface area (Å²) in [7, 11) is 0. The van der Waals surface area contributed by atoms with E-state index in [0.29, 0.717) is 26.2 Å². The molecule has 1 amide bonds. The molecule has 26 heavy (non-hydrogen) atoms. The van der Waals surface area contributed by atoms with Gasteiger partial charge in [-0.2, -0.15) is 0 Å². The van der Waals surface area contributed by atoms with Crippen molar-refractivity contribution in [3.05, 3.63) is 11.0 Å². The van der Waals surface area contributed by atoms with Gasteiger partial charge in [0.05, 0.1) is 13.2 Å². The second-order valence-corrected chi connectivity index (χ2v) is 8.52. The van der Waals surface area contributed by atoms with Crippen LogP contribution in [0.1, 0.15) is 52.9 Å². The molecule has 3 N–H and O–H groups in total. The van der Waals surface area contributed by atoms with Gasteiger partial charge >= 0.3 is 12.1 Å². The van der Waals surface area contributed by atoms with Gasteiger partial charge in [-0.1, -0.05) is 13.0 Å². The lowest BCUT2D eigenvalue weighted by molar-refractivity contribution is -0.287. The lowest BCUT2D eigenvalue weighted by atomic mass is 9.93. The number of esters is 1. The molecule has 0 aromatic rings. The highest BCUT2D eigenvalue weighted by Gasteiger charge is 2.37. The minimum atomic E-state index is -1.33. The van der Waals surface area contributed by atoms with E-state index in [4.69, 9.17) is 24.1 Å². The third-order valence-electron chi connectivity index (χ3n) is 3.93. The van der Waals surface area contributed by atoms with E-state index in [0.717, 1.165) is 12.8 Å². The number of thioether (sulfide) groups is 1. The van der Waals surface area contributed by atoms with Crippen molar-refractivity contribution in [1.29, 1.82) is 0 Å². The van der Waals surface area contributed by atoms with E-state index in [1.165, 1.54) is 23.5 Å². The van der Waals surface area contributed by atoms with Gasteiger partial charge in [0.25, 0.3) is 0 Å². The van der Waals surface area contributed by atoms with Gasteiger partial charge in [-0.05, 0) is 50.2 Å². The first kappa shape index (κ1) is 22.8. The molecule has 2 heterocycles. The molecule has 0 saturated carbocycles. The molecule has 0 bridgehead atoms. The summed E-state index contributed by atoms with van der Waals surface area (Å²) in [5.41, 5.74) is 3.79. The third kappa shape index (κ3) is 10.0. The molecule has 2 aliphatic heterocycles. The molecule has 7 nitrogen and oxygen atoms in total. The summed E-state index contributed by atoms with van der Waals surface area (Å²) < 4.78 is 16.7. The molecule has 150 valence electrons. The molecule has 8 heteroatoms. The molecule has 0 atom stereocenters. The van der Waals surface area contributed by atoms with Crippen molar-refractivity contribution in [1.82, 2.24) is 0 Å². The molecule has 0 unspecified atom stereocenters. The number of carbonyl (C=O) groups is 2. The Bertz CT molecular complexity index is 484. The van der Waals surface area contributed by atoms with E-state index in [1.54, 1.807) is 0 Å². The standard InChI is InChI=1S/C17H28O4S.CH3NO2/c1-16(2)20-12-17(3,13-21-16)11-19-15(18)9-5-4-7-14-8-6-10-22-14;2-1(3)4/h7H,4-6,8-13H2,1-3H3;2H2,(H,3,4)/b14-7+;. The normalized spacial score (nSPS) is 22.3. The van der Waals surface area contributed by atoms with Crippen molar-refractivity contribution in [2.24, 2.45) is 11.1 Å². The van der Waals surface area contributed by atoms with Crippen molar-refractivity contribution < 1.29 is 28.9 Å². The van der Waals surface area contributed by atoms with Gasteiger partial charge in [-0.15, -0.1) is 11.8 Å². The average Bonchev–Trinajstić information content (AvgIpc) is 3.06. The summed E-state index contributed by atoms with van der Waals surface area (Å²) in [4.78, 5) is 22.1. The number of primary amides is 1. The van der Waals surface area contributed by atoms with E-state index < -0.39 is 11.9 Å². The van der Waals surface area contributed by atoms with Gasteiger partial charge in [-0.25, -0.2) is 4.79 Å². The number of hydrogen-bond donors (Lipinski definition) is 2. The van der Waals surface area contributed by atoms with Crippen LogP contribution in [0.25, 0.3) is 0 Å². The first-order valence-corrected chi connectivity index (χ1v) is 9.84. The fourth-order valence-electron chi connectivity index (χ4n) is 2.38. The molecule has 2 fully saturated rings. The van der Waals surface area contributed by atoms with Gasteiger partial charge in [0.1, 0.15) is 6.61 Å². The zero-order valence-electron chi connectivity index (χ0n) is 15.9.